The van der Waals surface area contributed by atoms with Crippen molar-refractivity contribution in [2.75, 3.05) is 0 Å². The van der Waals surface area contributed by atoms with E-state index in [9.17, 15) is 0 Å². The van der Waals surface area contributed by atoms with Gasteiger partial charge in [0.15, 0.2) is 0 Å². The number of para-hydroxylation sites is 2. The molecule has 0 unspecified atom stereocenters. The molecule has 2 heteroatoms. The average molecular weight is 401 g/mol. The number of rotatable bonds is 2. The van der Waals surface area contributed by atoms with Gasteiger partial charge in [0.2, 0.25) is 0 Å². The second kappa shape index (κ2) is 6.42. The summed E-state index contributed by atoms with van der Waals surface area (Å²) >= 11 is 0. The maximum atomic E-state index is 4.71. The van der Waals surface area contributed by atoms with Gasteiger partial charge in [-0.05, 0) is 70.6 Å². The first kappa shape index (κ1) is 18.1. The van der Waals surface area contributed by atoms with E-state index >= 15 is 0 Å². The van der Waals surface area contributed by atoms with Crippen LogP contribution in [0.3, 0.4) is 0 Å². The summed E-state index contributed by atoms with van der Waals surface area (Å²) in [4.78, 5) is 4.71. The first-order chi connectivity index (χ1) is 15.0. The van der Waals surface area contributed by atoms with Crippen molar-refractivity contribution in [3.8, 4) is 27.9 Å². The van der Waals surface area contributed by atoms with E-state index < -0.39 is 0 Å². The molecule has 0 amide bonds. The third-order valence-electron chi connectivity index (χ3n) is 6.77. The number of benzene rings is 4. The van der Waals surface area contributed by atoms with Crippen LogP contribution in [0.4, 0.5) is 0 Å². The number of hydrogen-bond acceptors (Lipinski definition) is 1. The van der Waals surface area contributed by atoms with Crippen LogP contribution in [0, 0.1) is 6.92 Å². The minimum Gasteiger partial charge on any atom is -0.297 e. The van der Waals surface area contributed by atoms with Crippen molar-refractivity contribution < 1.29 is 0 Å². The van der Waals surface area contributed by atoms with E-state index in [-0.39, 0.29) is 5.41 Å². The molecule has 1 aromatic heterocycles. The summed E-state index contributed by atoms with van der Waals surface area (Å²) in [6.07, 6.45) is 0. The Morgan fingerprint density at radius 2 is 1.35 bits per heavy atom. The standard InChI is InChI=1S/C29H24N2/c1-19-30-27-10-6-7-11-28(27)31(19)22-15-12-20(13-16-22)21-14-17-24-23-8-4-5-9-25(23)29(2,3)26(24)18-21/h4-18H,1-3H3. The van der Waals surface area contributed by atoms with Gasteiger partial charge in [0, 0.05) is 11.1 Å². The Hall–Kier alpha value is -3.65. The first-order valence-electron chi connectivity index (χ1n) is 10.8. The van der Waals surface area contributed by atoms with Crippen LogP contribution in [0.2, 0.25) is 0 Å². The second-order valence-electron chi connectivity index (χ2n) is 8.96. The Morgan fingerprint density at radius 1 is 0.677 bits per heavy atom. The molecule has 4 aromatic carbocycles. The topological polar surface area (TPSA) is 17.8 Å². The molecule has 0 spiro atoms. The number of imidazole rings is 1. The van der Waals surface area contributed by atoms with Gasteiger partial charge in [-0.25, -0.2) is 4.98 Å². The van der Waals surface area contributed by atoms with Crippen LogP contribution in [0.1, 0.15) is 30.8 Å². The smallest absolute Gasteiger partial charge is 0.111 e. The highest BCUT2D eigenvalue weighted by atomic mass is 15.1. The number of nitrogens with zero attached hydrogens (tertiary/aromatic N) is 2. The van der Waals surface area contributed by atoms with Crippen molar-refractivity contribution in [2.45, 2.75) is 26.2 Å². The quantitative estimate of drug-likeness (QED) is 0.304. The first-order valence-corrected chi connectivity index (χ1v) is 10.8. The van der Waals surface area contributed by atoms with Crippen molar-refractivity contribution in [3.63, 3.8) is 0 Å². The van der Waals surface area contributed by atoms with Gasteiger partial charge in [-0.15, -0.1) is 0 Å². The van der Waals surface area contributed by atoms with E-state index in [2.05, 4.69) is 110 Å². The highest BCUT2D eigenvalue weighted by Gasteiger charge is 2.35. The minimum atomic E-state index is 0.0225. The van der Waals surface area contributed by atoms with Gasteiger partial charge in [-0.1, -0.05) is 74.5 Å². The van der Waals surface area contributed by atoms with Crippen LogP contribution in [0.5, 0.6) is 0 Å². The lowest BCUT2D eigenvalue weighted by atomic mass is 9.81. The average Bonchev–Trinajstić information content (AvgIpc) is 3.25. The van der Waals surface area contributed by atoms with Gasteiger partial charge >= 0.3 is 0 Å². The lowest BCUT2D eigenvalue weighted by Crippen LogP contribution is -2.14. The highest BCUT2D eigenvalue weighted by molar-refractivity contribution is 5.84. The molecule has 5 aromatic rings. The van der Waals surface area contributed by atoms with Crippen molar-refractivity contribution in [3.05, 3.63) is 108 Å². The van der Waals surface area contributed by atoms with Gasteiger partial charge in [0.1, 0.15) is 5.82 Å². The molecule has 0 saturated heterocycles. The minimum absolute atomic E-state index is 0.0225. The molecular weight excluding hydrogens is 376 g/mol. The Kier molecular flexibility index (Phi) is 3.76. The molecule has 150 valence electrons. The molecule has 2 nitrogen and oxygen atoms in total. The van der Waals surface area contributed by atoms with Gasteiger partial charge in [-0.3, -0.25) is 4.57 Å². The van der Waals surface area contributed by atoms with Crippen LogP contribution >= 0.6 is 0 Å². The Balaban J connectivity index is 1.42. The van der Waals surface area contributed by atoms with Crippen molar-refractivity contribution in [2.24, 2.45) is 0 Å². The molecule has 0 saturated carbocycles. The molecule has 0 N–H and O–H groups in total. The zero-order valence-corrected chi connectivity index (χ0v) is 18.1. The second-order valence-corrected chi connectivity index (χ2v) is 8.96. The molecule has 0 radical (unpaired) electrons. The number of hydrogen-bond donors (Lipinski definition) is 0. The number of fused-ring (bicyclic) bond motifs is 4. The van der Waals surface area contributed by atoms with E-state index in [1.807, 2.05) is 6.07 Å². The summed E-state index contributed by atoms with van der Waals surface area (Å²) in [6.45, 7) is 6.73. The fourth-order valence-electron chi connectivity index (χ4n) is 5.16. The van der Waals surface area contributed by atoms with Crippen LogP contribution < -0.4 is 0 Å². The number of aromatic nitrogens is 2. The molecule has 1 heterocycles. The molecule has 1 aliphatic rings. The van der Waals surface area contributed by atoms with E-state index in [1.54, 1.807) is 0 Å². The van der Waals surface area contributed by atoms with Crippen molar-refractivity contribution in [1.82, 2.24) is 9.55 Å². The largest absolute Gasteiger partial charge is 0.297 e. The van der Waals surface area contributed by atoms with Gasteiger partial charge in [0.25, 0.3) is 0 Å². The highest BCUT2D eigenvalue weighted by Crippen LogP contribution is 2.49. The zero-order valence-electron chi connectivity index (χ0n) is 18.1. The molecular formula is C29H24N2. The summed E-state index contributed by atoms with van der Waals surface area (Å²) in [6, 6.07) is 32.9. The summed E-state index contributed by atoms with van der Waals surface area (Å²) in [5.41, 5.74) is 11.4. The SMILES string of the molecule is Cc1nc2ccccc2n1-c1ccc(-c2ccc3c(c2)C(C)(C)c2ccccc2-3)cc1. The van der Waals surface area contributed by atoms with Crippen LogP contribution in [0.15, 0.2) is 91.0 Å². The van der Waals surface area contributed by atoms with Crippen LogP contribution in [-0.2, 0) is 5.41 Å². The van der Waals surface area contributed by atoms with Crippen molar-refractivity contribution in [1.29, 1.82) is 0 Å². The molecule has 1 aliphatic carbocycles. The fraction of sp³-hybridized carbons (Fsp3) is 0.138. The maximum Gasteiger partial charge on any atom is 0.111 e. The van der Waals surface area contributed by atoms with Crippen molar-refractivity contribution >= 4 is 11.0 Å². The fourth-order valence-corrected chi connectivity index (χ4v) is 5.16. The van der Waals surface area contributed by atoms with E-state index in [4.69, 9.17) is 4.98 Å². The zero-order chi connectivity index (χ0) is 21.2. The normalized spacial score (nSPS) is 13.9. The van der Waals surface area contributed by atoms with Crippen LogP contribution in [-0.4, -0.2) is 9.55 Å². The summed E-state index contributed by atoms with van der Waals surface area (Å²) in [5, 5.41) is 0. The summed E-state index contributed by atoms with van der Waals surface area (Å²) in [5.74, 6) is 1.01. The predicted octanol–water partition coefficient (Wildman–Crippen LogP) is 7.31. The third-order valence-corrected chi connectivity index (χ3v) is 6.77. The summed E-state index contributed by atoms with van der Waals surface area (Å²) < 4.78 is 2.22. The lowest BCUT2D eigenvalue weighted by molar-refractivity contribution is 0.660. The molecule has 0 aliphatic heterocycles. The molecule has 0 bridgehead atoms. The molecule has 0 atom stereocenters. The molecule has 31 heavy (non-hydrogen) atoms. The monoisotopic (exact) mass is 400 g/mol. The van der Waals surface area contributed by atoms with Gasteiger partial charge in [0.05, 0.1) is 11.0 Å². The van der Waals surface area contributed by atoms with Gasteiger partial charge < -0.3 is 0 Å². The van der Waals surface area contributed by atoms with Gasteiger partial charge in [-0.2, -0.15) is 0 Å². The lowest BCUT2D eigenvalue weighted by Gasteiger charge is -2.22. The Bertz CT molecular complexity index is 1450. The number of aryl methyl sites for hydroxylation is 1. The summed E-state index contributed by atoms with van der Waals surface area (Å²) in [7, 11) is 0. The maximum absolute atomic E-state index is 4.71. The van der Waals surface area contributed by atoms with E-state index in [1.165, 1.54) is 33.4 Å². The van der Waals surface area contributed by atoms with Crippen LogP contribution in [0.25, 0.3) is 39.0 Å². The molecule has 6 rings (SSSR count). The van der Waals surface area contributed by atoms with E-state index in [0.717, 1.165) is 22.5 Å². The Morgan fingerprint density at radius 3 is 2.19 bits per heavy atom. The molecule has 0 fully saturated rings. The predicted molar refractivity (Wildman–Crippen MR) is 129 cm³/mol. The third kappa shape index (κ3) is 2.61. The van der Waals surface area contributed by atoms with E-state index in [0.29, 0.717) is 0 Å². The Labute approximate surface area is 182 Å².